The van der Waals surface area contributed by atoms with Crippen LogP contribution in [-0.2, 0) is 0 Å². The van der Waals surface area contributed by atoms with Crippen LogP contribution in [0.2, 0.25) is 5.02 Å². The molecule has 4 rings (SSSR count). The van der Waals surface area contributed by atoms with E-state index in [0.717, 1.165) is 35.0 Å². The van der Waals surface area contributed by atoms with Gasteiger partial charge in [0.05, 0.1) is 29.4 Å². The molecule has 2 aromatic carbocycles. The van der Waals surface area contributed by atoms with Gasteiger partial charge >= 0.3 is 0 Å². The molecule has 0 bridgehead atoms. The van der Waals surface area contributed by atoms with E-state index in [0.29, 0.717) is 17.1 Å². The van der Waals surface area contributed by atoms with Crippen LogP contribution in [0.25, 0.3) is 22.2 Å². The quantitative estimate of drug-likeness (QED) is 0.757. The predicted octanol–water partition coefficient (Wildman–Crippen LogP) is 4.15. The summed E-state index contributed by atoms with van der Waals surface area (Å²) in [7, 11) is 0. The normalized spacial score (nSPS) is 17.0. The number of amides is 1. The van der Waals surface area contributed by atoms with Crippen molar-refractivity contribution in [3.05, 3.63) is 65.2 Å². The topological polar surface area (TPSA) is 53.4 Å². The molecule has 2 heterocycles. The first kappa shape index (κ1) is 17.0. The van der Waals surface area contributed by atoms with Gasteiger partial charge in [-0.2, -0.15) is 0 Å². The van der Waals surface area contributed by atoms with E-state index in [4.69, 9.17) is 16.6 Å². The molecule has 0 aliphatic carbocycles. The van der Waals surface area contributed by atoms with Gasteiger partial charge in [0.2, 0.25) is 0 Å². The molecular formula is C21H19ClN2O2. The Morgan fingerprint density at radius 3 is 2.77 bits per heavy atom. The average molecular weight is 367 g/mol. The molecular weight excluding hydrogens is 348 g/mol. The van der Waals surface area contributed by atoms with E-state index < -0.39 is 0 Å². The van der Waals surface area contributed by atoms with E-state index in [1.165, 1.54) is 0 Å². The highest BCUT2D eigenvalue weighted by atomic mass is 35.5. The molecule has 5 heteroatoms. The summed E-state index contributed by atoms with van der Waals surface area (Å²) >= 11 is 6.18. The maximum atomic E-state index is 13.3. The van der Waals surface area contributed by atoms with Crippen molar-refractivity contribution >= 4 is 28.4 Å². The number of fused-ring (bicyclic) bond motifs is 1. The monoisotopic (exact) mass is 366 g/mol. The second kappa shape index (κ2) is 7.06. The summed E-state index contributed by atoms with van der Waals surface area (Å²) in [5.41, 5.74) is 3.03. The lowest BCUT2D eigenvalue weighted by atomic mass is 10.0. The number of aromatic nitrogens is 1. The van der Waals surface area contributed by atoms with Gasteiger partial charge in [-0.3, -0.25) is 4.79 Å². The third-order valence-corrected chi connectivity index (χ3v) is 5.15. The summed E-state index contributed by atoms with van der Waals surface area (Å²) in [6.45, 7) is 0.649. The Balaban J connectivity index is 1.88. The van der Waals surface area contributed by atoms with Gasteiger partial charge in [0.1, 0.15) is 0 Å². The number of pyridine rings is 1. The minimum absolute atomic E-state index is 0.0128. The molecule has 132 valence electrons. The Morgan fingerprint density at radius 1 is 1.19 bits per heavy atom. The number of aliphatic hydroxyl groups excluding tert-OH is 1. The molecule has 1 aromatic heterocycles. The van der Waals surface area contributed by atoms with Gasteiger partial charge in [-0.15, -0.1) is 0 Å². The third-order valence-electron chi connectivity index (χ3n) is 4.92. The summed E-state index contributed by atoms with van der Waals surface area (Å²) in [6.07, 6.45) is 1.74. The number of benzene rings is 2. The minimum atomic E-state index is -0.120. The van der Waals surface area contributed by atoms with Crippen LogP contribution in [-0.4, -0.2) is 40.1 Å². The summed E-state index contributed by atoms with van der Waals surface area (Å²) in [5.74, 6) is -0.0756. The molecule has 3 aromatic rings. The Morgan fingerprint density at radius 2 is 2.00 bits per heavy atom. The molecule has 1 aliphatic rings. The fourth-order valence-corrected chi connectivity index (χ4v) is 3.75. The van der Waals surface area contributed by atoms with Gasteiger partial charge in [0.15, 0.2) is 0 Å². The predicted molar refractivity (Wildman–Crippen MR) is 103 cm³/mol. The molecule has 1 saturated heterocycles. The summed E-state index contributed by atoms with van der Waals surface area (Å²) < 4.78 is 0. The van der Waals surface area contributed by atoms with Crippen LogP contribution < -0.4 is 0 Å². The highest BCUT2D eigenvalue weighted by Gasteiger charge is 2.30. The summed E-state index contributed by atoms with van der Waals surface area (Å²) in [4.78, 5) is 19.8. The van der Waals surface area contributed by atoms with E-state index in [-0.39, 0.29) is 18.6 Å². The van der Waals surface area contributed by atoms with Gasteiger partial charge in [-0.1, -0.05) is 41.9 Å². The smallest absolute Gasteiger partial charge is 0.254 e. The standard InChI is InChI=1S/C21H19ClN2O2/c22-15-8-9-19-17(11-15)18(21(26)24-10-4-7-16(24)13-25)12-20(23-19)14-5-2-1-3-6-14/h1-3,5-6,8-9,11-12,16,25H,4,7,10,13H2. The maximum absolute atomic E-state index is 13.3. The molecule has 1 N–H and O–H groups in total. The lowest BCUT2D eigenvalue weighted by Crippen LogP contribution is -2.37. The summed E-state index contributed by atoms with van der Waals surface area (Å²) in [5, 5.41) is 10.9. The molecule has 1 fully saturated rings. The van der Waals surface area contributed by atoms with Crippen molar-refractivity contribution < 1.29 is 9.90 Å². The van der Waals surface area contributed by atoms with Crippen LogP contribution in [0.1, 0.15) is 23.2 Å². The van der Waals surface area contributed by atoms with Crippen molar-refractivity contribution in [3.8, 4) is 11.3 Å². The number of rotatable bonds is 3. The lowest BCUT2D eigenvalue weighted by molar-refractivity contribution is 0.0679. The zero-order valence-electron chi connectivity index (χ0n) is 14.2. The largest absolute Gasteiger partial charge is 0.394 e. The molecule has 4 nitrogen and oxygen atoms in total. The number of hydrogen-bond acceptors (Lipinski definition) is 3. The maximum Gasteiger partial charge on any atom is 0.254 e. The van der Waals surface area contributed by atoms with Gasteiger partial charge in [0, 0.05) is 22.5 Å². The first-order chi connectivity index (χ1) is 12.7. The van der Waals surface area contributed by atoms with Crippen LogP contribution >= 0.6 is 11.6 Å². The number of nitrogens with zero attached hydrogens (tertiary/aromatic N) is 2. The van der Waals surface area contributed by atoms with Crippen LogP contribution in [0.4, 0.5) is 0 Å². The first-order valence-electron chi connectivity index (χ1n) is 8.75. The van der Waals surface area contributed by atoms with Crippen LogP contribution in [0.15, 0.2) is 54.6 Å². The molecule has 0 radical (unpaired) electrons. The van der Waals surface area contributed by atoms with E-state index in [9.17, 15) is 9.90 Å². The fourth-order valence-electron chi connectivity index (χ4n) is 3.58. The number of aliphatic hydroxyl groups is 1. The molecule has 1 amide bonds. The van der Waals surface area contributed by atoms with E-state index in [2.05, 4.69) is 0 Å². The van der Waals surface area contributed by atoms with Crippen LogP contribution in [0.5, 0.6) is 0 Å². The zero-order chi connectivity index (χ0) is 18.1. The molecule has 1 unspecified atom stereocenters. The lowest BCUT2D eigenvalue weighted by Gasteiger charge is -2.24. The van der Waals surface area contributed by atoms with Gasteiger partial charge in [-0.05, 0) is 37.1 Å². The first-order valence-corrected chi connectivity index (χ1v) is 9.13. The van der Waals surface area contributed by atoms with E-state index in [1.807, 2.05) is 42.5 Å². The summed E-state index contributed by atoms with van der Waals surface area (Å²) in [6, 6.07) is 16.9. The fraction of sp³-hybridized carbons (Fsp3) is 0.238. The molecule has 1 atom stereocenters. The Hall–Kier alpha value is -2.43. The van der Waals surface area contributed by atoms with Gasteiger partial charge in [0.25, 0.3) is 5.91 Å². The number of likely N-dealkylation sites (tertiary alicyclic amines) is 1. The van der Waals surface area contributed by atoms with Crippen molar-refractivity contribution in [3.63, 3.8) is 0 Å². The van der Waals surface area contributed by atoms with Gasteiger partial charge < -0.3 is 10.0 Å². The van der Waals surface area contributed by atoms with E-state index in [1.54, 1.807) is 17.0 Å². The number of hydrogen-bond donors (Lipinski definition) is 1. The SMILES string of the molecule is O=C(c1cc(-c2ccccc2)nc2ccc(Cl)cc12)N1CCCC1CO. The molecule has 26 heavy (non-hydrogen) atoms. The second-order valence-electron chi connectivity index (χ2n) is 6.56. The van der Waals surface area contributed by atoms with Crippen LogP contribution in [0, 0.1) is 0 Å². The zero-order valence-corrected chi connectivity index (χ0v) is 15.0. The molecule has 0 saturated carbocycles. The Bertz CT molecular complexity index is 959. The highest BCUT2D eigenvalue weighted by Crippen LogP contribution is 2.29. The Kier molecular flexibility index (Phi) is 4.62. The molecule has 0 spiro atoms. The van der Waals surface area contributed by atoms with Crippen molar-refractivity contribution in [1.29, 1.82) is 0 Å². The third kappa shape index (κ3) is 3.06. The number of halogens is 1. The van der Waals surface area contributed by atoms with Gasteiger partial charge in [-0.25, -0.2) is 4.98 Å². The van der Waals surface area contributed by atoms with Crippen molar-refractivity contribution in [2.45, 2.75) is 18.9 Å². The van der Waals surface area contributed by atoms with Crippen molar-refractivity contribution in [2.75, 3.05) is 13.2 Å². The number of carbonyl (C=O) groups excluding carboxylic acids is 1. The van der Waals surface area contributed by atoms with Crippen LogP contribution in [0.3, 0.4) is 0 Å². The van der Waals surface area contributed by atoms with Crippen molar-refractivity contribution in [2.24, 2.45) is 0 Å². The minimum Gasteiger partial charge on any atom is -0.394 e. The second-order valence-corrected chi connectivity index (χ2v) is 7.00. The molecule has 1 aliphatic heterocycles. The van der Waals surface area contributed by atoms with Crippen molar-refractivity contribution in [1.82, 2.24) is 9.88 Å². The number of carbonyl (C=O) groups is 1. The highest BCUT2D eigenvalue weighted by molar-refractivity contribution is 6.31. The Labute approximate surface area is 157 Å². The van der Waals surface area contributed by atoms with E-state index >= 15 is 0 Å². The average Bonchev–Trinajstić information content (AvgIpc) is 3.16.